The molecule has 2 heterocycles. The van der Waals surface area contributed by atoms with Crippen LogP contribution in [0.15, 0.2) is 71.3 Å². The summed E-state index contributed by atoms with van der Waals surface area (Å²) in [7, 11) is 1.99. The van der Waals surface area contributed by atoms with Crippen molar-refractivity contribution in [1.29, 1.82) is 0 Å². The van der Waals surface area contributed by atoms with E-state index in [4.69, 9.17) is 0 Å². The van der Waals surface area contributed by atoms with Crippen LogP contribution in [0.2, 0.25) is 0 Å². The van der Waals surface area contributed by atoms with Crippen molar-refractivity contribution in [3.05, 3.63) is 71.3 Å². The van der Waals surface area contributed by atoms with Gasteiger partial charge in [0.05, 0.1) is 0 Å². The first-order valence-corrected chi connectivity index (χ1v) is 7.45. The summed E-state index contributed by atoms with van der Waals surface area (Å²) in [4.78, 5) is 11.2. The van der Waals surface area contributed by atoms with Gasteiger partial charge in [-0.05, 0) is 51.9 Å². The maximum atomic E-state index is 4.63. The normalized spacial score (nSPS) is 10.3. The van der Waals surface area contributed by atoms with Gasteiger partial charge in [-0.2, -0.15) is 0 Å². The second-order valence-corrected chi connectivity index (χ2v) is 5.44. The summed E-state index contributed by atoms with van der Waals surface area (Å²) < 4.78 is 0.800. The number of hydrogen-bond acceptors (Lipinski definition) is 3. The second-order valence-electron chi connectivity index (χ2n) is 4.63. The van der Waals surface area contributed by atoms with Crippen molar-refractivity contribution in [1.82, 2.24) is 9.97 Å². The zero-order valence-corrected chi connectivity index (χ0v) is 13.2. The highest BCUT2D eigenvalue weighted by molar-refractivity contribution is 9.10. The Hall–Kier alpha value is -2.14. The molecule has 0 fully saturated rings. The zero-order valence-electron chi connectivity index (χ0n) is 11.6. The lowest BCUT2D eigenvalue weighted by molar-refractivity contribution is 1.12. The molecule has 0 radical (unpaired) electrons. The molecule has 0 saturated carbocycles. The first-order chi connectivity index (χ1) is 10.2. The number of aromatic nitrogens is 2. The highest BCUT2D eigenvalue weighted by Crippen LogP contribution is 2.31. The molecule has 3 rings (SSSR count). The molecule has 5 heteroatoms. The Balaban J connectivity index is 2.16. The predicted molar refractivity (Wildman–Crippen MR) is 92.6 cm³/mol. The van der Waals surface area contributed by atoms with Gasteiger partial charge in [-0.3, -0.25) is 4.90 Å². The zero-order chi connectivity index (χ0) is 14.7. The minimum Gasteiger partial charge on any atom is -0.279 e. The fraction of sp³-hybridized carbons (Fsp3) is 0. The van der Waals surface area contributed by atoms with Crippen LogP contribution in [0.1, 0.15) is 0 Å². The SMILES string of the molecule is Bc1cccc(N(c2ccccc2)c2cccc(Br)n2)n1. The average molecular weight is 338 g/mol. The summed E-state index contributed by atoms with van der Waals surface area (Å²) in [5.74, 6) is 1.68. The minimum absolute atomic E-state index is 0.800. The Bertz CT molecular complexity index is 704. The van der Waals surface area contributed by atoms with E-state index in [9.17, 15) is 0 Å². The van der Waals surface area contributed by atoms with E-state index < -0.39 is 0 Å². The van der Waals surface area contributed by atoms with Crippen LogP contribution >= 0.6 is 15.9 Å². The van der Waals surface area contributed by atoms with Gasteiger partial charge in [-0.25, -0.2) is 9.97 Å². The Morgan fingerprint density at radius 2 is 1.43 bits per heavy atom. The van der Waals surface area contributed by atoms with Crippen molar-refractivity contribution >= 4 is 46.7 Å². The van der Waals surface area contributed by atoms with E-state index in [1.165, 1.54) is 0 Å². The van der Waals surface area contributed by atoms with Gasteiger partial charge in [0.15, 0.2) is 7.85 Å². The number of para-hydroxylation sites is 1. The lowest BCUT2D eigenvalue weighted by Crippen LogP contribution is -2.17. The summed E-state index contributed by atoms with van der Waals surface area (Å²) >= 11 is 3.43. The predicted octanol–water partition coefficient (Wildman–Crippen LogP) is 2.97. The number of rotatable bonds is 3. The van der Waals surface area contributed by atoms with Crippen LogP contribution in [0.3, 0.4) is 0 Å². The summed E-state index contributed by atoms with van der Waals surface area (Å²) in [6.45, 7) is 0. The van der Waals surface area contributed by atoms with Gasteiger partial charge < -0.3 is 0 Å². The quantitative estimate of drug-likeness (QED) is 0.543. The van der Waals surface area contributed by atoms with E-state index in [2.05, 4.69) is 25.9 Å². The third kappa shape index (κ3) is 3.14. The van der Waals surface area contributed by atoms with Crippen molar-refractivity contribution < 1.29 is 0 Å². The summed E-state index contributed by atoms with van der Waals surface area (Å²) in [6, 6.07) is 22.0. The van der Waals surface area contributed by atoms with E-state index in [0.717, 1.165) is 27.5 Å². The molecule has 3 aromatic rings. The molecule has 21 heavy (non-hydrogen) atoms. The van der Waals surface area contributed by atoms with Gasteiger partial charge in [0.25, 0.3) is 0 Å². The molecular weight excluding hydrogens is 325 g/mol. The van der Waals surface area contributed by atoms with Crippen LogP contribution < -0.4 is 10.5 Å². The maximum Gasteiger partial charge on any atom is 0.164 e. The molecule has 0 aliphatic heterocycles. The third-order valence-electron chi connectivity index (χ3n) is 3.05. The van der Waals surface area contributed by atoms with Crippen LogP contribution in [-0.4, -0.2) is 17.8 Å². The Morgan fingerprint density at radius 3 is 2.10 bits per heavy atom. The van der Waals surface area contributed by atoms with Gasteiger partial charge in [-0.1, -0.05) is 36.4 Å². The molecule has 0 atom stereocenters. The van der Waals surface area contributed by atoms with E-state index in [0.29, 0.717) is 0 Å². The molecule has 102 valence electrons. The molecule has 0 bridgehead atoms. The smallest absolute Gasteiger partial charge is 0.164 e. The van der Waals surface area contributed by atoms with Crippen LogP contribution in [0.25, 0.3) is 0 Å². The number of halogens is 1. The van der Waals surface area contributed by atoms with Gasteiger partial charge in [0.2, 0.25) is 0 Å². The standard InChI is InChI=1S/C16H13BBrN3/c17-13-8-4-10-15(19-13)21(12-6-2-1-3-7-12)16-11-5-9-14(18)20-16/h1-11H,17H2. The van der Waals surface area contributed by atoms with E-state index in [1.807, 2.05) is 79.5 Å². The number of hydrogen-bond donors (Lipinski definition) is 0. The van der Waals surface area contributed by atoms with Crippen LogP contribution in [0.4, 0.5) is 17.3 Å². The first-order valence-electron chi connectivity index (χ1n) is 6.65. The second kappa shape index (κ2) is 6.10. The Morgan fingerprint density at radius 1 is 0.762 bits per heavy atom. The summed E-state index contributed by atoms with van der Waals surface area (Å²) in [6.07, 6.45) is 0. The van der Waals surface area contributed by atoms with Gasteiger partial charge in [-0.15, -0.1) is 0 Å². The first kappa shape index (κ1) is 13.8. The monoisotopic (exact) mass is 337 g/mol. The summed E-state index contributed by atoms with van der Waals surface area (Å²) in [5, 5.41) is 0. The fourth-order valence-electron chi connectivity index (χ4n) is 2.13. The van der Waals surface area contributed by atoms with Gasteiger partial charge >= 0.3 is 0 Å². The largest absolute Gasteiger partial charge is 0.279 e. The van der Waals surface area contributed by atoms with E-state index in [1.54, 1.807) is 0 Å². The maximum absolute atomic E-state index is 4.63. The molecule has 0 aliphatic carbocycles. The molecule has 0 amide bonds. The molecule has 0 N–H and O–H groups in total. The molecule has 0 unspecified atom stereocenters. The Kier molecular flexibility index (Phi) is 4.02. The fourth-order valence-corrected chi connectivity index (χ4v) is 2.47. The topological polar surface area (TPSA) is 29.0 Å². The van der Waals surface area contributed by atoms with Crippen LogP contribution in [0, 0.1) is 0 Å². The van der Waals surface area contributed by atoms with Crippen LogP contribution in [0.5, 0.6) is 0 Å². The molecule has 0 saturated heterocycles. The highest BCUT2D eigenvalue weighted by atomic mass is 79.9. The molecule has 0 aliphatic rings. The highest BCUT2D eigenvalue weighted by Gasteiger charge is 2.14. The Labute approximate surface area is 133 Å². The molecule has 3 nitrogen and oxygen atoms in total. The van der Waals surface area contributed by atoms with Crippen LogP contribution in [-0.2, 0) is 0 Å². The van der Waals surface area contributed by atoms with Crippen molar-refractivity contribution in [2.75, 3.05) is 4.90 Å². The van der Waals surface area contributed by atoms with E-state index >= 15 is 0 Å². The number of benzene rings is 1. The van der Waals surface area contributed by atoms with Crippen molar-refractivity contribution in [3.63, 3.8) is 0 Å². The third-order valence-corrected chi connectivity index (χ3v) is 3.49. The average Bonchev–Trinajstić information content (AvgIpc) is 2.49. The van der Waals surface area contributed by atoms with E-state index in [-0.39, 0.29) is 0 Å². The lowest BCUT2D eigenvalue weighted by atomic mass is 10.0. The number of anilines is 3. The van der Waals surface area contributed by atoms with Crippen molar-refractivity contribution in [2.24, 2.45) is 0 Å². The lowest BCUT2D eigenvalue weighted by Gasteiger charge is -2.23. The molecule has 2 aromatic heterocycles. The van der Waals surface area contributed by atoms with Gasteiger partial charge in [0.1, 0.15) is 16.2 Å². The number of pyridine rings is 2. The van der Waals surface area contributed by atoms with Crippen molar-refractivity contribution in [2.45, 2.75) is 0 Å². The van der Waals surface area contributed by atoms with Crippen molar-refractivity contribution in [3.8, 4) is 0 Å². The number of nitrogens with zero attached hydrogens (tertiary/aromatic N) is 3. The van der Waals surface area contributed by atoms with Gasteiger partial charge in [0, 0.05) is 5.69 Å². The molecule has 0 spiro atoms. The molecular formula is C16H13BBrN3. The minimum atomic E-state index is 0.800. The summed E-state index contributed by atoms with van der Waals surface area (Å²) in [5.41, 5.74) is 2.00. The molecule has 1 aromatic carbocycles.